The molecule has 1 heterocycles. The Labute approximate surface area is 117 Å². The standard InChI is InChI=1S/C10H17N3O2S3/c1-3-9(10(11)16)18(14,15)12-5-4-8-6-17-7(2)13-8/h6,9,12H,3-5H2,1-2H3,(H2,11,16). The first kappa shape index (κ1) is 15.5. The van der Waals surface area contributed by atoms with Gasteiger partial charge in [-0.25, -0.2) is 18.1 Å². The first-order chi connectivity index (χ1) is 8.36. The molecule has 0 saturated heterocycles. The van der Waals surface area contributed by atoms with E-state index in [4.69, 9.17) is 18.0 Å². The van der Waals surface area contributed by atoms with E-state index in [1.165, 1.54) is 0 Å². The van der Waals surface area contributed by atoms with Crippen molar-refractivity contribution in [3.05, 3.63) is 16.1 Å². The first-order valence-electron chi connectivity index (χ1n) is 5.55. The fraction of sp³-hybridized carbons (Fsp3) is 0.600. The lowest BCUT2D eigenvalue weighted by molar-refractivity contribution is 0.574. The predicted octanol–water partition coefficient (Wildman–Crippen LogP) is 0.978. The summed E-state index contributed by atoms with van der Waals surface area (Å²) < 4.78 is 26.3. The summed E-state index contributed by atoms with van der Waals surface area (Å²) in [6.07, 6.45) is 0.942. The number of nitrogens with two attached hydrogens (primary N) is 1. The van der Waals surface area contributed by atoms with Crippen LogP contribution in [0.4, 0.5) is 0 Å². The molecular formula is C10H17N3O2S3. The molecule has 18 heavy (non-hydrogen) atoms. The molecule has 1 aromatic rings. The number of aromatic nitrogens is 1. The Morgan fingerprint density at radius 2 is 2.33 bits per heavy atom. The second kappa shape index (κ2) is 6.55. The average Bonchev–Trinajstić information content (AvgIpc) is 2.63. The molecule has 8 heteroatoms. The van der Waals surface area contributed by atoms with Gasteiger partial charge in [0.15, 0.2) is 0 Å². The third kappa shape index (κ3) is 4.27. The number of aryl methyl sites for hydroxylation is 1. The van der Waals surface area contributed by atoms with E-state index in [0.717, 1.165) is 10.7 Å². The van der Waals surface area contributed by atoms with Gasteiger partial charge in [-0.15, -0.1) is 11.3 Å². The molecule has 0 fully saturated rings. The first-order valence-corrected chi connectivity index (χ1v) is 8.39. The number of rotatable bonds is 7. The van der Waals surface area contributed by atoms with Crippen LogP contribution in [0.15, 0.2) is 5.38 Å². The molecule has 3 N–H and O–H groups in total. The van der Waals surface area contributed by atoms with Gasteiger partial charge in [-0.2, -0.15) is 0 Å². The Balaban J connectivity index is 2.54. The molecule has 102 valence electrons. The summed E-state index contributed by atoms with van der Waals surface area (Å²) in [6, 6.07) is 0. The lowest BCUT2D eigenvalue weighted by Crippen LogP contribution is -2.42. The van der Waals surface area contributed by atoms with Crippen molar-refractivity contribution in [3.63, 3.8) is 0 Å². The van der Waals surface area contributed by atoms with Crippen molar-refractivity contribution < 1.29 is 8.42 Å². The number of thiocarbonyl (C=S) groups is 1. The highest BCUT2D eigenvalue weighted by Crippen LogP contribution is 2.09. The van der Waals surface area contributed by atoms with Gasteiger partial charge < -0.3 is 5.73 Å². The number of sulfonamides is 1. The fourth-order valence-electron chi connectivity index (χ4n) is 1.52. The van der Waals surface area contributed by atoms with E-state index in [0.29, 0.717) is 19.4 Å². The molecule has 1 atom stereocenters. The SMILES string of the molecule is CCC(C(N)=S)S(=O)(=O)NCCc1csc(C)n1. The van der Waals surface area contributed by atoms with Gasteiger partial charge in [-0.1, -0.05) is 19.1 Å². The summed E-state index contributed by atoms with van der Waals surface area (Å²) in [5.74, 6) is 0. The average molecular weight is 307 g/mol. The maximum atomic E-state index is 11.9. The monoisotopic (exact) mass is 307 g/mol. The van der Waals surface area contributed by atoms with Crippen molar-refractivity contribution in [2.75, 3.05) is 6.54 Å². The van der Waals surface area contributed by atoms with Crippen LogP contribution in [0.25, 0.3) is 0 Å². The zero-order valence-corrected chi connectivity index (χ0v) is 12.8. The van der Waals surface area contributed by atoms with Gasteiger partial charge in [-0.3, -0.25) is 0 Å². The van der Waals surface area contributed by atoms with Crippen molar-refractivity contribution in [3.8, 4) is 0 Å². The zero-order valence-electron chi connectivity index (χ0n) is 10.3. The molecule has 0 saturated carbocycles. The van der Waals surface area contributed by atoms with Crippen molar-refractivity contribution in [1.82, 2.24) is 9.71 Å². The third-order valence-electron chi connectivity index (χ3n) is 2.41. The van der Waals surface area contributed by atoms with Crippen molar-refractivity contribution in [1.29, 1.82) is 0 Å². The quantitative estimate of drug-likeness (QED) is 0.733. The lowest BCUT2D eigenvalue weighted by atomic mass is 10.3. The molecule has 0 radical (unpaired) electrons. The molecule has 1 rings (SSSR count). The number of hydrogen-bond donors (Lipinski definition) is 2. The number of nitrogens with zero attached hydrogens (tertiary/aromatic N) is 1. The molecule has 0 bridgehead atoms. The molecular weight excluding hydrogens is 290 g/mol. The van der Waals surface area contributed by atoms with E-state index in [1.807, 2.05) is 12.3 Å². The van der Waals surface area contributed by atoms with Gasteiger partial charge in [0, 0.05) is 18.3 Å². The summed E-state index contributed by atoms with van der Waals surface area (Å²) in [5.41, 5.74) is 6.31. The van der Waals surface area contributed by atoms with Gasteiger partial charge in [0.05, 0.1) is 15.7 Å². The molecule has 1 unspecified atom stereocenters. The molecule has 0 aliphatic heterocycles. The summed E-state index contributed by atoms with van der Waals surface area (Å²) in [6.45, 7) is 3.97. The summed E-state index contributed by atoms with van der Waals surface area (Å²) in [7, 11) is -3.48. The second-order valence-corrected chi connectivity index (χ2v) is 7.33. The van der Waals surface area contributed by atoms with Crippen molar-refractivity contribution in [2.45, 2.75) is 31.9 Å². The molecule has 0 aliphatic carbocycles. The summed E-state index contributed by atoms with van der Waals surface area (Å²) in [5, 5.41) is 2.10. The van der Waals surface area contributed by atoms with Crippen molar-refractivity contribution >= 4 is 38.6 Å². The van der Waals surface area contributed by atoms with Crippen LogP contribution in [0, 0.1) is 6.92 Å². The molecule has 0 spiro atoms. The minimum atomic E-state index is -3.48. The largest absolute Gasteiger partial charge is 0.392 e. The van der Waals surface area contributed by atoms with Crippen LogP contribution < -0.4 is 10.5 Å². The minimum absolute atomic E-state index is 0.00880. The zero-order chi connectivity index (χ0) is 13.8. The third-order valence-corrected chi connectivity index (χ3v) is 5.61. The number of nitrogens with one attached hydrogen (secondary N) is 1. The van der Waals surface area contributed by atoms with Crippen LogP contribution in [0.2, 0.25) is 0 Å². The summed E-state index contributed by atoms with van der Waals surface area (Å²) in [4.78, 5) is 4.27. The van der Waals surface area contributed by atoms with Crippen molar-refractivity contribution in [2.24, 2.45) is 5.73 Å². The smallest absolute Gasteiger partial charge is 0.221 e. The van der Waals surface area contributed by atoms with Crippen LogP contribution in [-0.4, -0.2) is 30.2 Å². The van der Waals surface area contributed by atoms with Crippen LogP contribution >= 0.6 is 23.6 Å². The maximum Gasteiger partial charge on any atom is 0.221 e. The highest BCUT2D eigenvalue weighted by molar-refractivity contribution is 7.93. The Bertz CT molecular complexity index is 510. The molecule has 0 aliphatic rings. The van der Waals surface area contributed by atoms with E-state index in [1.54, 1.807) is 18.3 Å². The second-order valence-electron chi connectivity index (χ2n) is 3.85. The Kier molecular flexibility index (Phi) is 5.64. The van der Waals surface area contributed by atoms with Gasteiger partial charge >= 0.3 is 0 Å². The lowest BCUT2D eigenvalue weighted by Gasteiger charge is -2.14. The number of thiazole rings is 1. The highest BCUT2D eigenvalue weighted by atomic mass is 32.2. The van der Waals surface area contributed by atoms with Crippen LogP contribution in [-0.2, 0) is 16.4 Å². The Morgan fingerprint density at radius 1 is 1.67 bits per heavy atom. The van der Waals surface area contributed by atoms with Gasteiger partial charge in [0.1, 0.15) is 5.25 Å². The molecule has 0 aromatic carbocycles. The minimum Gasteiger partial charge on any atom is -0.392 e. The molecule has 0 amide bonds. The number of hydrogen-bond acceptors (Lipinski definition) is 5. The fourth-order valence-corrected chi connectivity index (χ4v) is 4.04. The summed E-state index contributed by atoms with van der Waals surface area (Å²) >= 11 is 6.31. The van der Waals surface area contributed by atoms with E-state index < -0.39 is 15.3 Å². The predicted molar refractivity (Wildman–Crippen MR) is 78.3 cm³/mol. The van der Waals surface area contributed by atoms with Gasteiger partial charge in [0.2, 0.25) is 10.0 Å². The van der Waals surface area contributed by atoms with Crippen LogP contribution in [0.1, 0.15) is 24.0 Å². The molecule has 1 aromatic heterocycles. The highest BCUT2D eigenvalue weighted by Gasteiger charge is 2.25. The van der Waals surface area contributed by atoms with Crippen LogP contribution in [0.3, 0.4) is 0 Å². The Morgan fingerprint density at radius 3 is 2.78 bits per heavy atom. The van der Waals surface area contributed by atoms with E-state index >= 15 is 0 Å². The van der Waals surface area contributed by atoms with Gasteiger partial charge in [-0.05, 0) is 13.3 Å². The van der Waals surface area contributed by atoms with Crippen LogP contribution in [0.5, 0.6) is 0 Å². The topological polar surface area (TPSA) is 85.1 Å². The maximum absolute atomic E-state index is 11.9. The normalized spacial score (nSPS) is 13.4. The molecule has 5 nitrogen and oxygen atoms in total. The van der Waals surface area contributed by atoms with Gasteiger partial charge in [0.25, 0.3) is 0 Å². The van der Waals surface area contributed by atoms with E-state index in [2.05, 4.69) is 9.71 Å². The van der Waals surface area contributed by atoms with E-state index in [9.17, 15) is 8.42 Å². The Hall–Kier alpha value is -0.570. The van der Waals surface area contributed by atoms with E-state index in [-0.39, 0.29) is 4.99 Å².